The minimum absolute atomic E-state index is 0.534. The van der Waals surface area contributed by atoms with Gasteiger partial charge in [-0.2, -0.15) is 0 Å². The van der Waals surface area contributed by atoms with Crippen molar-refractivity contribution in [3.63, 3.8) is 0 Å². The molecule has 0 saturated heterocycles. The molecule has 0 fully saturated rings. The Hall–Kier alpha value is -1.55. The van der Waals surface area contributed by atoms with Gasteiger partial charge in [0, 0.05) is 13.0 Å². The highest BCUT2D eigenvalue weighted by Gasteiger charge is 1.97. The minimum Gasteiger partial charge on any atom is -0.469 e. The predicted molar refractivity (Wildman–Crippen MR) is 57.9 cm³/mol. The van der Waals surface area contributed by atoms with E-state index in [2.05, 4.69) is 15.3 Å². The van der Waals surface area contributed by atoms with Crippen LogP contribution in [0, 0.1) is 0 Å². The number of furan rings is 1. The third kappa shape index (κ3) is 2.95. The lowest BCUT2D eigenvalue weighted by molar-refractivity contribution is 0.512. The standard InChI is InChI=1S/C10H10ClN3O/c11-8-6-13-10(14-7-8)12-4-3-9-2-1-5-15-9/h1-2,5-7H,3-4H2,(H,12,13,14). The van der Waals surface area contributed by atoms with Crippen LogP contribution in [0.15, 0.2) is 35.2 Å². The lowest BCUT2D eigenvalue weighted by atomic mass is 10.3. The van der Waals surface area contributed by atoms with Gasteiger partial charge in [-0.25, -0.2) is 9.97 Å². The Morgan fingerprint density at radius 3 is 2.80 bits per heavy atom. The minimum atomic E-state index is 0.534. The fraction of sp³-hybridized carbons (Fsp3) is 0.200. The fourth-order valence-corrected chi connectivity index (χ4v) is 1.25. The zero-order chi connectivity index (χ0) is 10.5. The van der Waals surface area contributed by atoms with Gasteiger partial charge in [0.2, 0.25) is 5.95 Å². The van der Waals surface area contributed by atoms with Crippen LogP contribution >= 0.6 is 11.6 Å². The molecule has 0 aliphatic carbocycles. The second-order valence-electron chi connectivity index (χ2n) is 2.98. The van der Waals surface area contributed by atoms with Crippen molar-refractivity contribution in [2.45, 2.75) is 6.42 Å². The van der Waals surface area contributed by atoms with Gasteiger partial charge in [-0.3, -0.25) is 0 Å². The number of nitrogens with one attached hydrogen (secondary N) is 1. The van der Waals surface area contributed by atoms with Crippen LogP contribution in [0.1, 0.15) is 5.76 Å². The highest BCUT2D eigenvalue weighted by atomic mass is 35.5. The van der Waals surface area contributed by atoms with E-state index in [1.54, 1.807) is 18.7 Å². The average Bonchev–Trinajstić information content (AvgIpc) is 2.74. The lowest BCUT2D eigenvalue weighted by Gasteiger charge is -2.02. The highest BCUT2D eigenvalue weighted by molar-refractivity contribution is 6.30. The summed E-state index contributed by atoms with van der Waals surface area (Å²) in [4.78, 5) is 8.02. The van der Waals surface area contributed by atoms with E-state index in [9.17, 15) is 0 Å². The molecule has 0 aromatic carbocycles. The van der Waals surface area contributed by atoms with Crippen LogP contribution in [0.3, 0.4) is 0 Å². The third-order valence-electron chi connectivity index (χ3n) is 1.85. The SMILES string of the molecule is Clc1cnc(NCCc2ccco2)nc1. The Balaban J connectivity index is 1.81. The van der Waals surface area contributed by atoms with Crippen LogP contribution < -0.4 is 5.32 Å². The lowest BCUT2D eigenvalue weighted by Crippen LogP contribution is -2.07. The molecule has 5 heteroatoms. The van der Waals surface area contributed by atoms with Crippen LogP contribution in [0.2, 0.25) is 5.02 Å². The average molecular weight is 224 g/mol. The van der Waals surface area contributed by atoms with Crippen molar-refractivity contribution in [1.82, 2.24) is 9.97 Å². The van der Waals surface area contributed by atoms with Crippen LogP contribution in [-0.4, -0.2) is 16.5 Å². The molecule has 0 spiro atoms. The summed E-state index contributed by atoms with van der Waals surface area (Å²) >= 11 is 5.66. The molecule has 2 aromatic rings. The maximum Gasteiger partial charge on any atom is 0.222 e. The topological polar surface area (TPSA) is 51.0 Å². The maximum atomic E-state index is 5.66. The molecular formula is C10H10ClN3O. The summed E-state index contributed by atoms with van der Waals surface area (Å²) in [6.45, 7) is 0.731. The summed E-state index contributed by atoms with van der Waals surface area (Å²) in [7, 11) is 0. The van der Waals surface area contributed by atoms with Gasteiger partial charge in [0.1, 0.15) is 5.76 Å². The van der Waals surface area contributed by atoms with E-state index in [1.165, 1.54) is 0 Å². The second-order valence-corrected chi connectivity index (χ2v) is 3.42. The molecule has 2 rings (SSSR count). The van der Waals surface area contributed by atoms with E-state index in [0.29, 0.717) is 11.0 Å². The summed E-state index contributed by atoms with van der Waals surface area (Å²) in [5, 5.41) is 3.60. The van der Waals surface area contributed by atoms with E-state index in [-0.39, 0.29) is 0 Å². The van der Waals surface area contributed by atoms with Crippen LogP contribution in [0.5, 0.6) is 0 Å². The number of aromatic nitrogens is 2. The summed E-state index contributed by atoms with van der Waals surface area (Å²) in [6, 6.07) is 3.80. The molecular weight excluding hydrogens is 214 g/mol. The van der Waals surface area contributed by atoms with Crippen LogP contribution in [0.4, 0.5) is 5.95 Å². The first-order valence-electron chi connectivity index (χ1n) is 4.58. The van der Waals surface area contributed by atoms with Crippen molar-refractivity contribution < 1.29 is 4.42 Å². The summed E-state index contributed by atoms with van der Waals surface area (Å²) in [6.07, 6.45) is 5.58. The Kier molecular flexibility index (Phi) is 3.19. The molecule has 0 saturated carbocycles. The Morgan fingerprint density at radius 1 is 1.33 bits per heavy atom. The number of halogens is 1. The monoisotopic (exact) mass is 223 g/mol. The van der Waals surface area contributed by atoms with Gasteiger partial charge in [-0.15, -0.1) is 0 Å². The molecule has 0 bridgehead atoms. The maximum absolute atomic E-state index is 5.66. The molecule has 0 radical (unpaired) electrons. The summed E-state index contributed by atoms with van der Waals surface area (Å²) < 4.78 is 5.19. The van der Waals surface area contributed by atoms with E-state index in [4.69, 9.17) is 16.0 Å². The van der Waals surface area contributed by atoms with Gasteiger partial charge in [0.25, 0.3) is 0 Å². The van der Waals surface area contributed by atoms with Crippen molar-refractivity contribution in [3.8, 4) is 0 Å². The number of hydrogen-bond donors (Lipinski definition) is 1. The van der Waals surface area contributed by atoms with E-state index >= 15 is 0 Å². The van der Waals surface area contributed by atoms with Crippen molar-refractivity contribution in [3.05, 3.63) is 41.6 Å². The number of nitrogens with zero attached hydrogens (tertiary/aromatic N) is 2. The van der Waals surface area contributed by atoms with Gasteiger partial charge in [0.05, 0.1) is 23.7 Å². The van der Waals surface area contributed by atoms with Gasteiger partial charge in [0.15, 0.2) is 0 Å². The van der Waals surface area contributed by atoms with E-state index < -0.39 is 0 Å². The van der Waals surface area contributed by atoms with E-state index in [1.807, 2.05) is 12.1 Å². The quantitative estimate of drug-likeness (QED) is 0.865. The highest BCUT2D eigenvalue weighted by Crippen LogP contribution is 2.06. The van der Waals surface area contributed by atoms with Gasteiger partial charge in [-0.05, 0) is 12.1 Å². The first-order valence-corrected chi connectivity index (χ1v) is 4.96. The fourth-order valence-electron chi connectivity index (χ4n) is 1.16. The van der Waals surface area contributed by atoms with Crippen molar-refractivity contribution in [2.24, 2.45) is 0 Å². The molecule has 2 aromatic heterocycles. The Bertz CT molecular complexity index is 399. The van der Waals surface area contributed by atoms with Crippen molar-refractivity contribution in [1.29, 1.82) is 0 Å². The molecule has 0 aliphatic heterocycles. The van der Waals surface area contributed by atoms with E-state index in [0.717, 1.165) is 18.7 Å². The Morgan fingerprint density at radius 2 is 2.13 bits per heavy atom. The molecule has 0 atom stereocenters. The normalized spacial score (nSPS) is 10.2. The van der Waals surface area contributed by atoms with Crippen LogP contribution in [-0.2, 0) is 6.42 Å². The van der Waals surface area contributed by atoms with Gasteiger partial charge in [-0.1, -0.05) is 11.6 Å². The largest absolute Gasteiger partial charge is 0.469 e. The molecule has 0 unspecified atom stereocenters. The molecule has 78 valence electrons. The Labute approximate surface area is 92.3 Å². The van der Waals surface area contributed by atoms with Crippen molar-refractivity contribution >= 4 is 17.5 Å². The van der Waals surface area contributed by atoms with Gasteiger partial charge < -0.3 is 9.73 Å². The zero-order valence-corrected chi connectivity index (χ0v) is 8.74. The first-order chi connectivity index (χ1) is 7.34. The molecule has 0 amide bonds. The summed E-state index contributed by atoms with van der Waals surface area (Å²) in [5.74, 6) is 1.52. The number of hydrogen-bond acceptors (Lipinski definition) is 4. The number of anilines is 1. The molecule has 4 nitrogen and oxygen atoms in total. The predicted octanol–water partition coefficient (Wildman–Crippen LogP) is 2.38. The summed E-state index contributed by atoms with van der Waals surface area (Å²) in [5.41, 5.74) is 0. The number of rotatable bonds is 4. The molecule has 15 heavy (non-hydrogen) atoms. The zero-order valence-electron chi connectivity index (χ0n) is 7.98. The molecule has 2 heterocycles. The third-order valence-corrected chi connectivity index (χ3v) is 2.05. The molecule has 0 aliphatic rings. The smallest absolute Gasteiger partial charge is 0.222 e. The van der Waals surface area contributed by atoms with Crippen LogP contribution in [0.25, 0.3) is 0 Å². The molecule has 1 N–H and O–H groups in total. The van der Waals surface area contributed by atoms with Crippen molar-refractivity contribution in [2.75, 3.05) is 11.9 Å². The first kappa shape index (κ1) is 9.98. The van der Waals surface area contributed by atoms with Gasteiger partial charge >= 0.3 is 0 Å². The second kappa shape index (κ2) is 4.79.